The second kappa shape index (κ2) is 10.3. The van der Waals surface area contributed by atoms with E-state index in [1.54, 1.807) is 0 Å². The topological polar surface area (TPSA) is 21.3 Å². The summed E-state index contributed by atoms with van der Waals surface area (Å²) < 4.78 is 12.5. The summed E-state index contributed by atoms with van der Waals surface area (Å²) >= 11 is 1.92. The molecule has 11 aromatic rings. The average molecular weight is 729 g/mol. The minimum absolute atomic E-state index is 0.0915. The van der Waals surface area contributed by atoms with Crippen molar-refractivity contribution >= 4 is 99.3 Å². The number of fused-ring (bicyclic) bond motifs is 15. The average Bonchev–Trinajstić information content (AvgIpc) is 3.93. The van der Waals surface area contributed by atoms with Gasteiger partial charge in [0, 0.05) is 43.0 Å². The van der Waals surface area contributed by atoms with Gasteiger partial charge in [-0.25, -0.2) is 0 Å². The van der Waals surface area contributed by atoms with Crippen LogP contribution in [0.2, 0.25) is 0 Å². The van der Waals surface area contributed by atoms with Crippen LogP contribution in [0, 0.1) is 0 Å². The second-order valence-electron chi connectivity index (χ2n) is 15.5. The Morgan fingerprint density at radius 2 is 1.20 bits per heavy atom. The Morgan fingerprint density at radius 3 is 2.04 bits per heavy atom. The first-order chi connectivity index (χ1) is 27.8. The molecule has 6 heterocycles. The summed E-state index contributed by atoms with van der Waals surface area (Å²) in [5, 5.41) is 4.93. The van der Waals surface area contributed by atoms with Crippen LogP contribution in [0.1, 0.15) is 22.3 Å². The molecular formula is C51H29BN2OS. The van der Waals surface area contributed by atoms with E-state index in [1.165, 1.54) is 86.9 Å². The van der Waals surface area contributed by atoms with E-state index in [0.29, 0.717) is 0 Å². The Balaban J connectivity index is 1.24. The molecule has 0 amide bonds. The molecule has 0 saturated carbocycles. The van der Waals surface area contributed by atoms with Crippen molar-refractivity contribution in [3.05, 3.63) is 198 Å². The zero-order chi connectivity index (χ0) is 36.3. The van der Waals surface area contributed by atoms with E-state index < -0.39 is 5.41 Å². The lowest BCUT2D eigenvalue weighted by Gasteiger charge is -2.50. The predicted molar refractivity (Wildman–Crippen MR) is 235 cm³/mol. The van der Waals surface area contributed by atoms with E-state index in [4.69, 9.17) is 4.42 Å². The highest BCUT2D eigenvalue weighted by Crippen LogP contribution is 2.60. The molecule has 3 aliphatic rings. The van der Waals surface area contributed by atoms with Gasteiger partial charge in [0.25, 0.3) is 0 Å². The van der Waals surface area contributed by atoms with Gasteiger partial charge in [0.2, 0.25) is 0 Å². The number of anilines is 3. The van der Waals surface area contributed by atoms with Crippen molar-refractivity contribution < 1.29 is 4.42 Å². The Kier molecular flexibility index (Phi) is 5.42. The summed E-state index contributed by atoms with van der Waals surface area (Å²) in [6.45, 7) is -0.0915. The molecule has 0 fully saturated rings. The zero-order valence-corrected chi connectivity index (χ0v) is 30.8. The Morgan fingerprint density at radius 1 is 0.518 bits per heavy atom. The molecule has 3 nitrogen and oxygen atoms in total. The Bertz CT molecular complexity index is 3460. The fourth-order valence-electron chi connectivity index (χ4n) is 11.0. The smallest absolute Gasteiger partial charge is 0.333 e. The maximum atomic E-state index is 7.11. The number of thiophene rings is 1. The number of para-hydroxylation sites is 4. The van der Waals surface area contributed by atoms with E-state index >= 15 is 0 Å². The third-order valence-electron chi connectivity index (χ3n) is 13.0. The summed E-state index contributed by atoms with van der Waals surface area (Å²) in [4.78, 5) is 2.59. The normalized spacial score (nSPS) is 14.5. The first-order valence-corrected chi connectivity index (χ1v) is 20.2. The van der Waals surface area contributed by atoms with Gasteiger partial charge in [-0.3, -0.25) is 0 Å². The van der Waals surface area contributed by atoms with Gasteiger partial charge in [-0.1, -0.05) is 152 Å². The van der Waals surface area contributed by atoms with Gasteiger partial charge in [0.15, 0.2) is 5.58 Å². The fourth-order valence-corrected chi connectivity index (χ4v) is 12.2. The van der Waals surface area contributed by atoms with Crippen molar-refractivity contribution in [3.63, 3.8) is 0 Å². The number of nitrogens with zero attached hydrogens (tertiary/aromatic N) is 2. The summed E-state index contributed by atoms with van der Waals surface area (Å²) in [6, 6.07) is 65.4. The lowest BCUT2D eigenvalue weighted by atomic mass is 9.43. The van der Waals surface area contributed by atoms with Crippen LogP contribution in [0.3, 0.4) is 0 Å². The van der Waals surface area contributed by atoms with Crippen molar-refractivity contribution in [2.75, 3.05) is 4.90 Å². The summed E-state index contributed by atoms with van der Waals surface area (Å²) in [6.07, 6.45) is 0. The highest BCUT2D eigenvalue weighted by molar-refractivity contribution is 7.27. The molecule has 3 aliphatic heterocycles. The minimum atomic E-state index is -0.577. The number of aromatic nitrogens is 1. The molecule has 258 valence electrons. The first kappa shape index (κ1) is 29.5. The van der Waals surface area contributed by atoms with Gasteiger partial charge in [-0.05, 0) is 63.0 Å². The molecule has 0 unspecified atom stereocenters. The molecule has 0 atom stereocenters. The minimum Gasteiger partial charge on any atom is -0.454 e. The van der Waals surface area contributed by atoms with E-state index in [1.807, 2.05) is 11.3 Å². The summed E-state index contributed by atoms with van der Waals surface area (Å²) in [5.74, 6) is 0. The second-order valence-corrected chi connectivity index (χ2v) is 16.5. The van der Waals surface area contributed by atoms with E-state index in [-0.39, 0.29) is 6.85 Å². The van der Waals surface area contributed by atoms with E-state index in [2.05, 4.69) is 185 Å². The molecule has 14 rings (SSSR count). The molecule has 8 aromatic carbocycles. The van der Waals surface area contributed by atoms with Crippen LogP contribution < -0.4 is 15.8 Å². The monoisotopic (exact) mass is 728 g/mol. The third kappa shape index (κ3) is 3.32. The first-order valence-electron chi connectivity index (χ1n) is 19.4. The zero-order valence-electron chi connectivity index (χ0n) is 30.0. The summed E-state index contributed by atoms with van der Waals surface area (Å²) in [5.41, 5.74) is 17.7. The predicted octanol–water partition coefficient (Wildman–Crippen LogP) is 12.0. The lowest BCUT2D eigenvalue weighted by Crippen LogP contribution is -2.58. The highest BCUT2D eigenvalue weighted by Gasteiger charge is 2.53. The van der Waals surface area contributed by atoms with Crippen LogP contribution >= 0.6 is 11.3 Å². The Labute approximate surface area is 326 Å². The van der Waals surface area contributed by atoms with Crippen molar-refractivity contribution in [2.24, 2.45) is 0 Å². The van der Waals surface area contributed by atoms with Crippen LogP contribution in [0.25, 0.3) is 64.3 Å². The maximum absolute atomic E-state index is 7.11. The van der Waals surface area contributed by atoms with Crippen LogP contribution in [0.15, 0.2) is 180 Å². The quantitative estimate of drug-likeness (QED) is 0.165. The number of rotatable bonds is 2. The van der Waals surface area contributed by atoms with Crippen LogP contribution in [0.4, 0.5) is 17.1 Å². The largest absolute Gasteiger partial charge is 0.454 e. The molecule has 5 heteroatoms. The molecule has 0 radical (unpaired) electrons. The molecule has 0 aliphatic carbocycles. The molecule has 56 heavy (non-hydrogen) atoms. The lowest BCUT2D eigenvalue weighted by molar-refractivity contribution is 0.668. The van der Waals surface area contributed by atoms with Gasteiger partial charge >= 0.3 is 6.85 Å². The van der Waals surface area contributed by atoms with Gasteiger partial charge in [-0.15, -0.1) is 11.3 Å². The third-order valence-corrected chi connectivity index (χ3v) is 14.2. The molecule has 3 aromatic heterocycles. The van der Waals surface area contributed by atoms with Crippen LogP contribution in [-0.4, -0.2) is 11.3 Å². The van der Waals surface area contributed by atoms with Crippen molar-refractivity contribution in [2.45, 2.75) is 5.41 Å². The molecule has 0 saturated heterocycles. The van der Waals surface area contributed by atoms with Gasteiger partial charge in [-0.2, -0.15) is 0 Å². The number of furan rings is 1. The van der Waals surface area contributed by atoms with Gasteiger partial charge in [0.1, 0.15) is 5.58 Å². The van der Waals surface area contributed by atoms with E-state index in [0.717, 1.165) is 27.6 Å². The van der Waals surface area contributed by atoms with E-state index in [9.17, 15) is 0 Å². The van der Waals surface area contributed by atoms with Crippen LogP contribution in [0.5, 0.6) is 0 Å². The Hall–Kier alpha value is -6.82. The number of hydrogen-bond donors (Lipinski definition) is 0. The fraction of sp³-hybridized carbons (Fsp3) is 0.0196. The molecule has 0 spiro atoms. The standard InChI is InChI=1S/C51H29BN2OS/c1-3-15-30(16-4-1)51(31-17-5-2-6-18-31)38-23-9-10-26-41(38)53-47-39(51)24-14-25-40(47)52-44-36(29-37-32-19-7-11-27-42(32)55-49(37)48(44)53)33-21-13-22-35-45(33)54(52)46-34-20-8-12-28-43(34)56-50(35)46/h1-29H. The van der Waals surface area contributed by atoms with Crippen molar-refractivity contribution in [3.8, 4) is 11.1 Å². The van der Waals surface area contributed by atoms with Crippen LogP contribution in [-0.2, 0) is 5.41 Å². The van der Waals surface area contributed by atoms with Gasteiger partial charge in [0.05, 0.1) is 27.0 Å². The number of benzene rings is 8. The van der Waals surface area contributed by atoms with Crippen molar-refractivity contribution in [1.82, 2.24) is 4.48 Å². The summed E-state index contributed by atoms with van der Waals surface area (Å²) in [7, 11) is 0. The molecular weight excluding hydrogens is 699 g/mol. The highest BCUT2D eigenvalue weighted by atomic mass is 32.1. The van der Waals surface area contributed by atoms with Crippen molar-refractivity contribution in [1.29, 1.82) is 0 Å². The molecule has 0 N–H and O–H groups in total. The SMILES string of the molecule is c1ccc(C2(c3ccccc3)c3ccccc3N3c4c(cccc42)B2c4c(cc5c(oc6ccccc65)c43)-c3cccc4c5sc6ccccc6c5n2c34)cc1. The van der Waals surface area contributed by atoms with Gasteiger partial charge < -0.3 is 13.8 Å². The maximum Gasteiger partial charge on any atom is 0.333 e. The molecule has 0 bridgehead atoms. The number of hydrogen-bond acceptors (Lipinski definition) is 3.